The molecule has 12 aromatic heterocycles. The Kier molecular flexibility index (Phi) is 23.6. The Balaban J connectivity index is 0.000000124. The van der Waals surface area contributed by atoms with Crippen molar-refractivity contribution in [2.45, 2.75) is 40.8 Å². The second-order valence-electron chi connectivity index (χ2n) is 27.1. The lowest BCUT2D eigenvalue weighted by atomic mass is 10.1. The monoisotopic (exact) mass is 1620 g/mol. The third-order valence-corrected chi connectivity index (χ3v) is 19.1. The molecule has 0 amide bonds. The first-order valence-corrected chi connectivity index (χ1v) is 36.5. The minimum Gasteiger partial charge on any atom is -0.478 e. The van der Waals surface area contributed by atoms with Crippen molar-refractivity contribution in [2.75, 3.05) is 0 Å². The van der Waals surface area contributed by atoms with Gasteiger partial charge in [0.25, 0.3) is 0 Å². The average molecular weight is 1620 g/mol. The molecule has 0 spiro atoms. The third kappa shape index (κ3) is 18.4. The zero-order valence-electron chi connectivity index (χ0n) is 63.4. The number of aryl methyl sites for hydroxylation is 5. The molecule has 12 heterocycles. The fourth-order valence-corrected chi connectivity index (χ4v) is 13.2. The molecule has 0 aliphatic carbocycles. The van der Waals surface area contributed by atoms with Crippen LogP contribution in [0.25, 0.3) is 100 Å². The van der Waals surface area contributed by atoms with E-state index < -0.39 is 53.5 Å². The van der Waals surface area contributed by atoms with E-state index in [4.69, 9.17) is 42.2 Å². The van der Waals surface area contributed by atoms with Crippen molar-refractivity contribution in [2.24, 2.45) is 0 Å². The quantitative estimate of drug-likeness (QED) is 0.0489. The summed E-state index contributed by atoms with van der Waals surface area (Å²) in [5.41, 5.74) is 12.1. The maximum absolute atomic E-state index is 13.8. The number of hydrogen-bond acceptors (Lipinski definition) is 12. The summed E-state index contributed by atoms with van der Waals surface area (Å²) in [4.78, 5) is 90.5. The highest BCUT2D eigenvalue weighted by Crippen LogP contribution is 2.34. The third-order valence-electron chi connectivity index (χ3n) is 18.8. The second-order valence-corrected chi connectivity index (χ2v) is 27.5. The lowest BCUT2D eigenvalue weighted by Crippen LogP contribution is -2.07. The summed E-state index contributed by atoms with van der Waals surface area (Å²) in [5, 5.41) is 58.7. The van der Waals surface area contributed by atoms with Crippen LogP contribution in [0.3, 0.4) is 0 Å². The number of carbonyl (C=O) groups is 6. The van der Waals surface area contributed by atoms with Crippen LogP contribution in [0.1, 0.15) is 95.8 Å². The summed E-state index contributed by atoms with van der Waals surface area (Å²) in [5.74, 6) is -3.63. The van der Waals surface area contributed by atoms with E-state index in [9.17, 15) is 46.3 Å². The molecular weight excluding hydrogens is 1550 g/mol. The van der Waals surface area contributed by atoms with Crippen molar-refractivity contribution in [1.82, 2.24) is 57.3 Å². The van der Waals surface area contributed by atoms with Gasteiger partial charge in [-0.3, -0.25) is 9.55 Å². The van der Waals surface area contributed by atoms with E-state index in [1.54, 1.807) is 120 Å². The van der Waals surface area contributed by atoms with Gasteiger partial charge < -0.3 is 53.5 Å². The van der Waals surface area contributed by atoms with Gasteiger partial charge in [0, 0.05) is 118 Å². The minimum absolute atomic E-state index is 0.113. The molecule has 0 aliphatic rings. The number of nitrogens with zero attached hydrogens (tertiary/aromatic N) is 12. The Morgan fingerprint density at radius 3 is 1.16 bits per heavy atom. The molecule has 24 nitrogen and oxygen atoms in total. The Labute approximate surface area is 677 Å². The van der Waals surface area contributed by atoms with Crippen LogP contribution in [0.2, 0.25) is 5.02 Å². The highest BCUT2D eigenvalue weighted by atomic mass is 35.5. The van der Waals surface area contributed by atoms with Crippen LogP contribution in [0.15, 0.2) is 280 Å². The first-order valence-electron chi connectivity index (χ1n) is 36.1. The number of pyridine rings is 6. The molecule has 0 saturated heterocycles. The Morgan fingerprint density at radius 1 is 0.336 bits per heavy atom. The Morgan fingerprint density at radius 2 is 0.739 bits per heavy atom. The maximum Gasteiger partial charge on any atom is 0.417 e. The van der Waals surface area contributed by atoms with E-state index >= 15 is 0 Å². The van der Waals surface area contributed by atoms with Crippen molar-refractivity contribution in [3.8, 4) is 34.6 Å². The minimum atomic E-state index is -4.52. The summed E-state index contributed by atoms with van der Waals surface area (Å²) in [6.45, 7) is 9.72. The zero-order valence-corrected chi connectivity index (χ0v) is 64.2. The first-order chi connectivity index (χ1) is 56.9. The molecule has 29 heteroatoms. The molecule has 0 saturated carbocycles. The maximum atomic E-state index is 13.8. The number of hydrogen-bond donors (Lipinski definition) is 6. The number of carboxylic acids is 6. The topological polar surface area (TPSA) is 331 Å². The molecule has 6 N–H and O–H groups in total. The number of carboxylic acid groups (broad SMARTS) is 6. The van der Waals surface area contributed by atoms with Crippen molar-refractivity contribution >= 4 is 113 Å². The largest absolute Gasteiger partial charge is 0.478 e. The molecule has 18 aromatic rings. The van der Waals surface area contributed by atoms with Crippen molar-refractivity contribution < 1.29 is 77.0 Å². The molecular formula is C90H67ClF4N12O12. The van der Waals surface area contributed by atoms with Crippen LogP contribution >= 0.6 is 11.6 Å². The number of aromatic carboxylic acids is 6. The van der Waals surface area contributed by atoms with Gasteiger partial charge in [-0.1, -0.05) is 23.7 Å². The Hall–Kier alpha value is -15.7. The number of rotatable bonds is 12. The van der Waals surface area contributed by atoms with E-state index in [0.717, 1.165) is 112 Å². The number of halogens is 5. The number of fused-ring (bicyclic) bond motifs is 6. The smallest absolute Gasteiger partial charge is 0.417 e. The van der Waals surface area contributed by atoms with E-state index in [-0.39, 0.29) is 22.0 Å². The van der Waals surface area contributed by atoms with E-state index in [2.05, 4.69) is 29.9 Å². The summed E-state index contributed by atoms with van der Waals surface area (Å²) in [6.07, 6.45) is 13.9. The molecule has 0 atom stereocenters. The van der Waals surface area contributed by atoms with Gasteiger partial charge in [-0.15, -0.1) is 0 Å². The molecule has 6 aromatic carbocycles. The Bertz CT molecular complexity index is 6650. The zero-order chi connectivity index (χ0) is 84.7. The van der Waals surface area contributed by atoms with Gasteiger partial charge in [-0.05, 0) is 251 Å². The molecule has 18 rings (SSSR count). The molecule has 0 aliphatic heterocycles. The summed E-state index contributed by atoms with van der Waals surface area (Å²) in [6, 6.07) is 60.7. The predicted octanol–water partition coefficient (Wildman–Crippen LogP) is 19.7. The van der Waals surface area contributed by atoms with Gasteiger partial charge in [0.1, 0.15) is 23.1 Å². The number of benzene rings is 6. The molecule has 594 valence electrons. The SMILES string of the molecule is Cc1cc(-n2ccc3cc(C(=O)O)ccc32)ccn1.Cc1ccc(-n2ccc3cc(C(=O)O)ccc32)nc1.Cc1cccc(-n2ccc3cc(C(=O)O)ccc32)n1.Cc1ccnc(-n2ccc3cc(C(=O)O)ccc32)c1.Cc1cnc(F)c(-n2ccc3cc(C(=O)O)ccc32)c1.O=C(O)c1ccc2c(ccn2-c2ncc(C(F)(F)F)cc2Cl)c1. The van der Waals surface area contributed by atoms with Gasteiger partial charge in [0.05, 0.1) is 77.1 Å². The standard InChI is InChI=1S/C15H8ClF3N2O2.C15H11FN2O2.4C15H12N2O2/c16-11-6-10(15(17,18)19)7-20-13(11)21-4-3-8-5-9(14(22)23)1-2-12(8)21;1-9-6-13(14(16)17-8-9)18-5-4-10-7-11(15(19)20)2-3-12(10)18;1-10-2-5-14(16-9-10)17-7-6-11-8-12(15(18)19)3-4-13(11)17;1-10-8-13(4-6-16-10)17-7-5-11-9-12(15(18)19)2-3-14(11)17;1-10-4-6-16-14(8-10)17-7-5-11-9-12(15(18)19)2-3-13(11)17;1-10-3-2-4-14(16-10)17-8-7-11-9-12(15(18)19)5-6-13(11)17/h1-7H,(H,22,23);2-8H,1H3,(H,19,20);4*2-9H,1H3,(H,18,19). The van der Waals surface area contributed by atoms with Gasteiger partial charge in [0.15, 0.2) is 5.82 Å². The molecule has 0 fully saturated rings. The van der Waals surface area contributed by atoms with Crippen LogP contribution in [0.4, 0.5) is 17.6 Å². The molecule has 0 bridgehead atoms. The van der Waals surface area contributed by atoms with Crippen LogP contribution in [0.5, 0.6) is 0 Å². The van der Waals surface area contributed by atoms with Crippen molar-refractivity contribution in [3.63, 3.8) is 0 Å². The average Bonchev–Trinajstić information content (AvgIpc) is 1.67. The fraction of sp³-hybridized carbons (Fsp3) is 0.0667. The van der Waals surface area contributed by atoms with E-state index in [0.29, 0.717) is 45.0 Å². The summed E-state index contributed by atoms with van der Waals surface area (Å²) < 4.78 is 62.8. The predicted molar refractivity (Wildman–Crippen MR) is 442 cm³/mol. The van der Waals surface area contributed by atoms with E-state index in [1.807, 2.05) is 181 Å². The fourth-order valence-electron chi connectivity index (χ4n) is 12.9. The lowest BCUT2D eigenvalue weighted by Gasteiger charge is -2.10. The summed E-state index contributed by atoms with van der Waals surface area (Å²) >= 11 is 5.93. The second kappa shape index (κ2) is 34.5. The van der Waals surface area contributed by atoms with Crippen LogP contribution in [-0.4, -0.2) is 124 Å². The highest BCUT2D eigenvalue weighted by molar-refractivity contribution is 6.32. The van der Waals surface area contributed by atoms with Crippen LogP contribution in [-0.2, 0) is 6.18 Å². The number of alkyl halides is 3. The van der Waals surface area contributed by atoms with Crippen molar-refractivity contribution in [3.05, 3.63) is 358 Å². The van der Waals surface area contributed by atoms with Gasteiger partial charge in [-0.25, -0.2) is 53.7 Å². The van der Waals surface area contributed by atoms with Gasteiger partial charge in [-0.2, -0.15) is 17.6 Å². The van der Waals surface area contributed by atoms with Gasteiger partial charge >= 0.3 is 42.0 Å². The molecule has 0 radical (unpaired) electrons. The first kappa shape index (κ1) is 81.3. The van der Waals surface area contributed by atoms with Crippen molar-refractivity contribution in [1.29, 1.82) is 0 Å². The lowest BCUT2D eigenvalue weighted by molar-refractivity contribution is -0.137. The summed E-state index contributed by atoms with van der Waals surface area (Å²) in [7, 11) is 0. The van der Waals surface area contributed by atoms with E-state index in [1.165, 1.54) is 29.0 Å². The normalized spacial score (nSPS) is 11.0. The van der Waals surface area contributed by atoms with Crippen LogP contribution < -0.4 is 0 Å². The molecule has 119 heavy (non-hydrogen) atoms. The van der Waals surface area contributed by atoms with Crippen LogP contribution in [0, 0.1) is 40.6 Å². The molecule has 0 unspecified atom stereocenters. The highest BCUT2D eigenvalue weighted by Gasteiger charge is 2.32. The van der Waals surface area contributed by atoms with Gasteiger partial charge in [0.2, 0.25) is 5.95 Å². The number of aromatic nitrogens is 12.